The molecule has 0 saturated heterocycles. The zero-order chi connectivity index (χ0) is 22.3. The molecular formula is C25H26ClN3O2. The van der Waals surface area contributed by atoms with Crippen LogP contribution in [0.5, 0.6) is 5.75 Å². The molecule has 1 amide bonds. The highest BCUT2D eigenvalue weighted by molar-refractivity contribution is 6.30. The number of rotatable bonds is 3. The molecule has 1 unspecified atom stereocenters. The first kappa shape index (κ1) is 21.3. The number of hydrogen-bond acceptors (Lipinski definition) is 4. The van der Waals surface area contributed by atoms with E-state index in [-0.39, 0.29) is 11.9 Å². The van der Waals surface area contributed by atoms with E-state index in [0.717, 1.165) is 39.1 Å². The van der Waals surface area contributed by atoms with Gasteiger partial charge < -0.3 is 4.74 Å². The van der Waals surface area contributed by atoms with Crippen LogP contribution in [0, 0.1) is 12.3 Å². The van der Waals surface area contributed by atoms with Crippen molar-refractivity contribution in [3.05, 3.63) is 70.4 Å². The van der Waals surface area contributed by atoms with E-state index in [4.69, 9.17) is 21.4 Å². The Morgan fingerprint density at radius 2 is 1.87 bits per heavy atom. The van der Waals surface area contributed by atoms with E-state index in [9.17, 15) is 4.79 Å². The third kappa shape index (κ3) is 4.02. The van der Waals surface area contributed by atoms with Crippen molar-refractivity contribution in [1.29, 1.82) is 0 Å². The second kappa shape index (κ2) is 7.97. The van der Waals surface area contributed by atoms with Crippen LogP contribution in [0.3, 0.4) is 0 Å². The summed E-state index contributed by atoms with van der Waals surface area (Å²) in [7, 11) is 1.64. The van der Waals surface area contributed by atoms with Crippen molar-refractivity contribution in [3.8, 4) is 5.75 Å². The normalized spacial score (nSPS) is 16.5. The highest BCUT2D eigenvalue weighted by atomic mass is 35.5. The highest BCUT2D eigenvalue weighted by Gasteiger charge is 2.39. The highest BCUT2D eigenvalue weighted by Crippen LogP contribution is 2.39. The number of methoxy groups -OCH3 is 1. The van der Waals surface area contributed by atoms with Crippen LogP contribution in [0.4, 0.5) is 0 Å². The van der Waals surface area contributed by atoms with Crippen molar-refractivity contribution in [2.75, 3.05) is 7.11 Å². The molecule has 0 N–H and O–H groups in total. The van der Waals surface area contributed by atoms with Crippen molar-refractivity contribution in [1.82, 2.24) is 9.99 Å². The van der Waals surface area contributed by atoms with Crippen LogP contribution in [-0.2, 0) is 4.79 Å². The minimum absolute atomic E-state index is 0.0542. The summed E-state index contributed by atoms with van der Waals surface area (Å²) >= 11 is 6.66. The molecule has 6 heteroatoms. The zero-order valence-corrected chi connectivity index (χ0v) is 19.2. The van der Waals surface area contributed by atoms with Crippen LogP contribution >= 0.6 is 11.6 Å². The summed E-state index contributed by atoms with van der Waals surface area (Å²) < 4.78 is 5.26. The fraction of sp³-hybridized carbons (Fsp3) is 0.320. The summed E-state index contributed by atoms with van der Waals surface area (Å²) in [6.07, 6.45) is 0.562. The molecule has 0 aliphatic carbocycles. The molecule has 0 fully saturated rings. The van der Waals surface area contributed by atoms with Gasteiger partial charge in [0.25, 0.3) is 0 Å². The molecule has 0 radical (unpaired) electrons. The first-order chi connectivity index (χ1) is 14.7. The number of nitrogens with zero attached hydrogens (tertiary/aromatic N) is 3. The molecule has 1 aromatic heterocycles. The maximum Gasteiger partial charge on any atom is 0.248 e. The van der Waals surface area contributed by atoms with Gasteiger partial charge in [-0.1, -0.05) is 50.6 Å². The molecule has 2 aromatic carbocycles. The van der Waals surface area contributed by atoms with Crippen molar-refractivity contribution >= 4 is 34.1 Å². The molecule has 1 atom stereocenters. The van der Waals surface area contributed by atoms with Crippen LogP contribution in [-0.4, -0.2) is 28.7 Å². The van der Waals surface area contributed by atoms with E-state index in [2.05, 4.69) is 4.98 Å². The number of aromatic nitrogens is 1. The third-order valence-corrected chi connectivity index (χ3v) is 5.87. The van der Waals surface area contributed by atoms with Crippen LogP contribution in [0.15, 0.2) is 53.6 Å². The van der Waals surface area contributed by atoms with Crippen LogP contribution < -0.4 is 4.74 Å². The zero-order valence-electron chi connectivity index (χ0n) is 18.4. The molecule has 4 rings (SSSR count). The van der Waals surface area contributed by atoms with Gasteiger partial charge in [-0.05, 0) is 48.4 Å². The largest absolute Gasteiger partial charge is 0.497 e. The van der Waals surface area contributed by atoms with E-state index in [1.54, 1.807) is 12.1 Å². The number of hydrogen-bond donors (Lipinski definition) is 0. The molecule has 3 aromatic rings. The first-order valence-electron chi connectivity index (χ1n) is 10.3. The molecular weight excluding hydrogens is 410 g/mol. The Bertz CT molecular complexity index is 1180. The summed E-state index contributed by atoms with van der Waals surface area (Å²) in [6, 6.07) is 15.5. The van der Waals surface area contributed by atoms with Crippen LogP contribution in [0.2, 0.25) is 5.15 Å². The van der Waals surface area contributed by atoms with E-state index >= 15 is 0 Å². The SMILES string of the molecule is COc1ccc(C2=NN(C(=O)C(C)(C)C)C(c3cc4cccc(C)c4nc3Cl)C2)cc1. The number of benzene rings is 2. The lowest BCUT2D eigenvalue weighted by molar-refractivity contribution is -0.141. The van der Waals surface area contributed by atoms with Crippen molar-refractivity contribution in [2.24, 2.45) is 10.5 Å². The smallest absolute Gasteiger partial charge is 0.248 e. The van der Waals surface area contributed by atoms with Gasteiger partial charge in [-0.25, -0.2) is 9.99 Å². The summed E-state index contributed by atoms with van der Waals surface area (Å²) in [5.41, 5.74) is 3.96. The number of fused-ring (bicyclic) bond motifs is 1. The number of halogens is 1. The Labute approximate surface area is 187 Å². The number of aryl methyl sites for hydroxylation is 1. The number of amides is 1. The maximum absolute atomic E-state index is 13.3. The van der Waals surface area contributed by atoms with Crippen LogP contribution in [0.1, 0.15) is 49.9 Å². The van der Waals surface area contributed by atoms with Crippen molar-refractivity contribution in [3.63, 3.8) is 0 Å². The quantitative estimate of drug-likeness (QED) is 0.479. The van der Waals surface area contributed by atoms with E-state index < -0.39 is 5.41 Å². The predicted octanol–water partition coefficient (Wildman–Crippen LogP) is 5.93. The molecule has 0 bridgehead atoms. The lowest BCUT2D eigenvalue weighted by Gasteiger charge is -2.28. The standard InChI is InChI=1S/C25H26ClN3O2/c1-15-7-6-8-17-13-19(23(26)27-22(15)17)21-14-20(16-9-11-18(31-5)12-10-16)28-29(21)24(30)25(2,3)4/h6-13,21H,14H2,1-5H3. The van der Waals surface area contributed by atoms with Gasteiger partial charge in [0.05, 0.1) is 24.4 Å². The summed E-state index contributed by atoms with van der Waals surface area (Å²) in [6.45, 7) is 7.71. The van der Waals surface area contributed by atoms with Gasteiger partial charge in [0.2, 0.25) is 5.91 Å². The van der Waals surface area contributed by atoms with E-state index in [0.29, 0.717) is 11.6 Å². The van der Waals surface area contributed by atoms with Gasteiger partial charge >= 0.3 is 0 Å². The topological polar surface area (TPSA) is 54.8 Å². The summed E-state index contributed by atoms with van der Waals surface area (Å²) in [4.78, 5) is 17.9. The van der Waals surface area contributed by atoms with Gasteiger partial charge in [0.15, 0.2) is 0 Å². The average Bonchev–Trinajstić information content (AvgIpc) is 3.18. The van der Waals surface area contributed by atoms with E-state index in [1.165, 1.54) is 0 Å². The minimum Gasteiger partial charge on any atom is -0.497 e. The molecule has 1 aliphatic heterocycles. The molecule has 160 valence electrons. The molecule has 5 nitrogen and oxygen atoms in total. The summed E-state index contributed by atoms with van der Waals surface area (Å²) in [5, 5.41) is 7.74. The van der Waals surface area contributed by atoms with Crippen molar-refractivity contribution in [2.45, 2.75) is 40.2 Å². The molecule has 1 aliphatic rings. The Morgan fingerprint density at radius 1 is 1.16 bits per heavy atom. The minimum atomic E-state index is -0.579. The van der Waals surface area contributed by atoms with E-state index in [1.807, 2.05) is 76.2 Å². The lowest BCUT2D eigenvalue weighted by Crippen LogP contribution is -2.36. The van der Waals surface area contributed by atoms with Crippen LogP contribution in [0.25, 0.3) is 10.9 Å². The van der Waals surface area contributed by atoms with Gasteiger partial charge in [0.1, 0.15) is 10.9 Å². The summed E-state index contributed by atoms with van der Waals surface area (Å²) in [5.74, 6) is 0.722. The fourth-order valence-electron chi connectivity index (χ4n) is 3.82. The molecule has 2 heterocycles. The second-order valence-electron chi connectivity index (χ2n) is 8.91. The van der Waals surface area contributed by atoms with Gasteiger partial charge in [-0.3, -0.25) is 4.79 Å². The molecule has 0 spiro atoms. The number of hydrazone groups is 1. The Morgan fingerprint density at radius 3 is 2.52 bits per heavy atom. The fourth-order valence-corrected chi connectivity index (χ4v) is 4.08. The second-order valence-corrected chi connectivity index (χ2v) is 9.27. The number of para-hydroxylation sites is 1. The lowest BCUT2D eigenvalue weighted by atomic mass is 9.93. The average molecular weight is 436 g/mol. The first-order valence-corrected chi connectivity index (χ1v) is 10.7. The molecule has 0 saturated carbocycles. The monoisotopic (exact) mass is 435 g/mol. The Kier molecular flexibility index (Phi) is 5.48. The van der Waals surface area contributed by atoms with Gasteiger partial charge in [0, 0.05) is 22.8 Å². The predicted molar refractivity (Wildman–Crippen MR) is 125 cm³/mol. The number of ether oxygens (including phenoxy) is 1. The molecule has 31 heavy (non-hydrogen) atoms. The third-order valence-electron chi connectivity index (χ3n) is 5.57. The number of carbonyl (C=O) groups is 1. The van der Waals surface area contributed by atoms with Gasteiger partial charge in [-0.2, -0.15) is 5.10 Å². The Hall–Kier alpha value is -2.92. The maximum atomic E-state index is 13.3. The Balaban J connectivity index is 1.79. The number of pyridine rings is 1. The van der Waals surface area contributed by atoms with Gasteiger partial charge in [-0.15, -0.1) is 0 Å². The van der Waals surface area contributed by atoms with Crippen molar-refractivity contribution < 1.29 is 9.53 Å². The number of carbonyl (C=O) groups excluding carboxylic acids is 1.